The molecule has 0 unspecified atom stereocenters. The Morgan fingerprint density at radius 1 is 1.38 bits per heavy atom. The monoisotopic (exact) mass is 367 g/mol. The van der Waals surface area contributed by atoms with Crippen molar-refractivity contribution in [3.63, 3.8) is 0 Å². The number of pyridine rings is 1. The van der Waals surface area contributed by atoms with Crippen LogP contribution in [0.1, 0.15) is 39.7 Å². The van der Waals surface area contributed by atoms with Gasteiger partial charge in [-0.3, -0.25) is 4.79 Å². The number of hydrogen-bond donors (Lipinski definition) is 3. The first kappa shape index (κ1) is 19.2. The summed E-state index contributed by atoms with van der Waals surface area (Å²) < 4.78 is 0. The van der Waals surface area contributed by atoms with Gasteiger partial charge in [0, 0.05) is 16.9 Å². The predicted molar refractivity (Wildman–Crippen MR) is 104 cm³/mol. The lowest BCUT2D eigenvalue weighted by atomic mass is 10.0. The minimum Gasteiger partial charge on any atom is -0.398 e. The number of amides is 1. The average molecular weight is 368 g/mol. The number of nitriles is 1. The lowest BCUT2D eigenvalue weighted by molar-refractivity contribution is 0.102. The van der Waals surface area contributed by atoms with Gasteiger partial charge in [0.2, 0.25) is 0 Å². The van der Waals surface area contributed by atoms with E-state index in [1.807, 2.05) is 13.0 Å². The minimum absolute atomic E-state index is 0.00592. The molecule has 0 bridgehead atoms. The largest absolute Gasteiger partial charge is 0.398 e. The number of rotatable bonds is 4. The first-order chi connectivity index (χ1) is 12.3. The summed E-state index contributed by atoms with van der Waals surface area (Å²) in [4.78, 5) is 16.7. The third-order valence-electron chi connectivity index (χ3n) is 3.97. The standard InChI is InChI=1S/C19H18ClN5O/c1-4-5-15(22)13-8-12(6-7-16(13)23)24-19(26)17-11(3)10(2)14(9-21)18(20)25-17/h4-8,22H,23H2,1-3H3,(H,24,26)/b5-4+,22-15?. The molecule has 132 valence electrons. The Hall–Kier alpha value is -3.17. The fraction of sp³-hybridized carbons (Fsp3) is 0.158. The van der Waals surface area contributed by atoms with Crippen LogP contribution in [0, 0.1) is 30.6 Å². The van der Waals surface area contributed by atoms with Crippen molar-refractivity contribution in [2.45, 2.75) is 20.8 Å². The Morgan fingerprint density at radius 3 is 2.69 bits per heavy atom. The number of nitrogens with one attached hydrogen (secondary N) is 2. The van der Waals surface area contributed by atoms with Crippen LogP contribution in [0.2, 0.25) is 5.15 Å². The molecule has 1 amide bonds. The van der Waals surface area contributed by atoms with Crippen molar-refractivity contribution in [2.24, 2.45) is 0 Å². The molecular formula is C19H18ClN5O. The molecule has 1 heterocycles. The molecule has 4 N–H and O–H groups in total. The van der Waals surface area contributed by atoms with E-state index in [-0.39, 0.29) is 22.1 Å². The summed E-state index contributed by atoms with van der Waals surface area (Å²) in [5, 5.41) is 19.9. The number of nitrogens with two attached hydrogens (primary N) is 1. The smallest absolute Gasteiger partial charge is 0.274 e. The molecule has 2 rings (SSSR count). The number of carbonyl (C=O) groups excluding carboxylic acids is 1. The number of anilines is 2. The van der Waals surface area contributed by atoms with Crippen LogP contribution in [-0.4, -0.2) is 16.6 Å². The lowest BCUT2D eigenvalue weighted by Gasteiger charge is -2.12. The summed E-state index contributed by atoms with van der Waals surface area (Å²) in [7, 11) is 0. The number of nitrogen functional groups attached to an aromatic ring is 1. The van der Waals surface area contributed by atoms with Crippen LogP contribution in [0.5, 0.6) is 0 Å². The van der Waals surface area contributed by atoms with Crippen molar-refractivity contribution in [1.29, 1.82) is 10.7 Å². The van der Waals surface area contributed by atoms with Gasteiger partial charge in [-0.05, 0) is 56.2 Å². The predicted octanol–water partition coefficient (Wildman–Crippen LogP) is 4.00. The zero-order valence-corrected chi connectivity index (χ0v) is 15.4. The second kappa shape index (κ2) is 7.81. The molecule has 1 aromatic heterocycles. The molecule has 0 aliphatic heterocycles. The molecular weight excluding hydrogens is 350 g/mol. The number of aromatic nitrogens is 1. The van der Waals surface area contributed by atoms with Gasteiger partial charge < -0.3 is 16.5 Å². The van der Waals surface area contributed by atoms with E-state index in [0.717, 1.165) is 0 Å². The highest BCUT2D eigenvalue weighted by atomic mass is 35.5. The fourth-order valence-electron chi connectivity index (χ4n) is 2.42. The van der Waals surface area contributed by atoms with Crippen LogP contribution in [0.15, 0.2) is 30.4 Å². The van der Waals surface area contributed by atoms with Crippen LogP contribution in [-0.2, 0) is 0 Å². The zero-order valence-electron chi connectivity index (χ0n) is 14.6. The summed E-state index contributed by atoms with van der Waals surface area (Å²) in [5.41, 5.74) is 9.20. The minimum atomic E-state index is -0.453. The number of carbonyl (C=O) groups is 1. The van der Waals surface area contributed by atoms with E-state index in [4.69, 9.17) is 28.0 Å². The van der Waals surface area contributed by atoms with E-state index in [1.54, 1.807) is 44.2 Å². The molecule has 1 aromatic carbocycles. The lowest BCUT2D eigenvalue weighted by Crippen LogP contribution is -2.17. The first-order valence-corrected chi connectivity index (χ1v) is 8.17. The first-order valence-electron chi connectivity index (χ1n) is 7.79. The van der Waals surface area contributed by atoms with E-state index in [0.29, 0.717) is 28.1 Å². The van der Waals surface area contributed by atoms with Crippen molar-refractivity contribution < 1.29 is 4.79 Å². The van der Waals surface area contributed by atoms with Crippen LogP contribution in [0.3, 0.4) is 0 Å². The second-order valence-electron chi connectivity index (χ2n) is 5.66. The van der Waals surface area contributed by atoms with Gasteiger partial charge in [0.1, 0.15) is 16.9 Å². The SMILES string of the molecule is C/C=C/C(=N)c1cc(NC(=O)c2nc(Cl)c(C#N)c(C)c2C)ccc1N. The third kappa shape index (κ3) is 3.73. The van der Waals surface area contributed by atoms with Crippen LogP contribution in [0.4, 0.5) is 11.4 Å². The van der Waals surface area contributed by atoms with E-state index < -0.39 is 5.91 Å². The molecule has 0 radical (unpaired) electrons. The van der Waals surface area contributed by atoms with Gasteiger partial charge in [0.25, 0.3) is 5.91 Å². The van der Waals surface area contributed by atoms with Crippen molar-refractivity contribution in [2.75, 3.05) is 11.1 Å². The van der Waals surface area contributed by atoms with Crippen molar-refractivity contribution in [1.82, 2.24) is 4.98 Å². The number of halogens is 1. The Kier molecular flexibility index (Phi) is 5.75. The molecule has 2 aromatic rings. The summed E-state index contributed by atoms with van der Waals surface area (Å²) in [6.07, 6.45) is 3.36. The molecule has 0 saturated heterocycles. The van der Waals surface area contributed by atoms with E-state index in [2.05, 4.69) is 10.3 Å². The highest BCUT2D eigenvalue weighted by Crippen LogP contribution is 2.24. The van der Waals surface area contributed by atoms with Crippen molar-refractivity contribution in [3.8, 4) is 6.07 Å². The van der Waals surface area contributed by atoms with Gasteiger partial charge in [0.15, 0.2) is 0 Å². The van der Waals surface area contributed by atoms with E-state index in [1.165, 1.54) is 0 Å². The highest BCUT2D eigenvalue weighted by Gasteiger charge is 2.18. The number of nitrogens with zero attached hydrogens (tertiary/aromatic N) is 2. The van der Waals surface area contributed by atoms with Gasteiger partial charge in [0.05, 0.1) is 11.3 Å². The summed E-state index contributed by atoms with van der Waals surface area (Å²) >= 11 is 6.01. The third-order valence-corrected chi connectivity index (χ3v) is 4.24. The average Bonchev–Trinajstić information content (AvgIpc) is 2.60. The van der Waals surface area contributed by atoms with Gasteiger partial charge >= 0.3 is 0 Å². The van der Waals surface area contributed by atoms with Gasteiger partial charge in [-0.25, -0.2) is 4.98 Å². The Balaban J connectivity index is 2.39. The maximum Gasteiger partial charge on any atom is 0.274 e. The van der Waals surface area contributed by atoms with Gasteiger partial charge in [-0.2, -0.15) is 5.26 Å². The number of benzene rings is 1. The van der Waals surface area contributed by atoms with Crippen molar-refractivity contribution >= 4 is 34.6 Å². The molecule has 6 nitrogen and oxygen atoms in total. The quantitative estimate of drug-likeness (QED) is 0.430. The van der Waals surface area contributed by atoms with E-state index >= 15 is 0 Å². The highest BCUT2D eigenvalue weighted by molar-refractivity contribution is 6.31. The van der Waals surface area contributed by atoms with Crippen LogP contribution < -0.4 is 11.1 Å². The Bertz CT molecular complexity index is 973. The molecule has 0 aliphatic rings. The summed E-state index contributed by atoms with van der Waals surface area (Å²) in [6.45, 7) is 5.24. The maximum atomic E-state index is 12.6. The second-order valence-corrected chi connectivity index (χ2v) is 6.02. The summed E-state index contributed by atoms with van der Waals surface area (Å²) in [6, 6.07) is 6.89. The Morgan fingerprint density at radius 2 is 2.08 bits per heavy atom. The van der Waals surface area contributed by atoms with Gasteiger partial charge in [-0.1, -0.05) is 17.7 Å². The van der Waals surface area contributed by atoms with E-state index in [9.17, 15) is 4.79 Å². The molecule has 0 aliphatic carbocycles. The molecule has 0 fully saturated rings. The summed E-state index contributed by atoms with van der Waals surface area (Å²) in [5.74, 6) is -0.453. The fourth-order valence-corrected chi connectivity index (χ4v) is 2.69. The zero-order chi connectivity index (χ0) is 19.4. The van der Waals surface area contributed by atoms with Crippen molar-refractivity contribution in [3.05, 3.63) is 63.5 Å². The molecule has 0 spiro atoms. The van der Waals surface area contributed by atoms with Gasteiger partial charge in [-0.15, -0.1) is 0 Å². The van der Waals surface area contributed by atoms with Crippen LogP contribution in [0.25, 0.3) is 0 Å². The molecule has 26 heavy (non-hydrogen) atoms. The molecule has 7 heteroatoms. The maximum absolute atomic E-state index is 12.6. The van der Waals surface area contributed by atoms with Crippen LogP contribution >= 0.6 is 11.6 Å². The topological polar surface area (TPSA) is 116 Å². The number of allylic oxidation sites excluding steroid dienone is 2. The normalized spacial score (nSPS) is 10.6. The Labute approximate surface area is 156 Å². The number of hydrogen-bond acceptors (Lipinski definition) is 5. The molecule has 0 saturated carbocycles. The molecule has 0 atom stereocenters.